The first-order valence-corrected chi connectivity index (χ1v) is 11.7. The fraction of sp³-hybridized carbons (Fsp3) is 0.375. The molecule has 4 rings (SSSR count). The Hall–Kier alpha value is -2.64. The summed E-state index contributed by atoms with van der Waals surface area (Å²) in [5.41, 5.74) is 2.52. The summed E-state index contributed by atoms with van der Waals surface area (Å²) in [6, 6.07) is 15.4. The predicted molar refractivity (Wildman–Crippen MR) is 124 cm³/mol. The van der Waals surface area contributed by atoms with E-state index >= 15 is 0 Å². The second-order valence-electron chi connectivity index (χ2n) is 7.73. The van der Waals surface area contributed by atoms with E-state index in [2.05, 4.69) is 26.0 Å². The van der Waals surface area contributed by atoms with Crippen molar-refractivity contribution in [2.45, 2.75) is 31.3 Å². The zero-order chi connectivity index (χ0) is 21.8. The van der Waals surface area contributed by atoms with Gasteiger partial charge in [-0.1, -0.05) is 49.9 Å². The Balaban J connectivity index is 1.69. The predicted octanol–water partition coefficient (Wildman–Crippen LogP) is 3.85. The van der Waals surface area contributed by atoms with Crippen molar-refractivity contribution in [2.24, 2.45) is 0 Å². The molecular weight excluding hydrogens is 410 g/mol. The van der Waals surface area contributed by atoms with Crippen LogP contribution in [0.15, 0.2) is 58.5 Å². The van der Waals surface area contributed by atoms with Gasteiger partial charge in [0.2, 0.25) is 5.91 Å². The van der Waals surface area contributed by atoms with Crippen LogP contribution in [-0.2, 0) is 9.53 Å². The van der Waals surface area contributed by atoms with Crippen LogP contribution in [0, 0.1) is 0 Å². The van der Waals surface area contributed by atoms with Crippen molar-refractivity contribution < 1.29 is 9.53 Å². The number of morpholine rings is 1. The molecule has 0 bridgehead atoms. The van der Waals surface area contributed by atoms with E-state index in [4.69, 9.17) is 9.72 Å². The molecule has 2 heterocycles. The molecule has 0 N–H and O–H groups in total. The number of ether oxygens (including phenoxy) is 1. The lowest BCUT2D eigenvalue weighted by Gasteiger charge is -2.26. The summed E-state index contributed by atoms with van der Waals surface area (Å²) < 4.78 is 6.95. The molecule has 0 aliphatic carbocycles. The zero-order valence-electron chi connectivity index (χ0n) is 17.9. The van der Waals surface area contributed by atoms with E-state index in [1.807, 2.05) is 30.3 Å². The average Bonchev–Trinajstić information content (AvgIpc) is 2.83. The second-order valence-corrected chi connectivity index (χ2v) is 8.68. The van der Waals surface area contributed by atoms with Gasteiger partial charge in [-0.15, -0.1) is 0 Å². The summed E-state index contributed by atoms with van der Waals surface area (Å²) in [7, 11) is 0. The first kappa shape index (κ1) is 21.6. The van der Waals surface area contributed by atoms with Gasteiger partial charge in [-0.05, 0) is 42.2 Å². The normalized spacial score (nSPS) is 15.2. The average molecular weight is 438 g/mol. The van der Waals surface area contributed by atoms with Crippen LogP contribution in [0.5, 0.6) is 0 Å². The van der Waals surface area contributed by atoms with E-state index in [-0.39, 0.29) is 17.2 Å². The number of fused-ring (bicyclic) bond motifs is 1. The largest absolute Gasteiger partial charge is 0.378 e. The van der Waals surface area contributed by atoms with Crippen molar-refractivity contribution in [1.82, 2.24) is 14.5 Å². The topological polar surface area (TPSA) is 64.4 Å². The summed E-state index contributed by atoms with van der Waals surface area (Å²) in [4.78, 5) is 32.6. The molecule has 3 aromatic rings. The maximum Gasteiger partial charge on any atom is 0.266 e. The summed E-state index contributed by atoms with van der Waals surface area (Å²) in [6.45, 7) is 6.70. The van der Waals surface area contributed by atoms with Gasteiger partial charge in [0, 0.05) is 13.1 Å². The lowest BCUT2D eigenvalue weighted by molar-refractivity contribution is -0.132. The van der Waals surface area contributed by atoms with Crippen LogP contribution in [0.2, 0.25) is 0 Å². The number of para-hydroxylation sites is 1. The molecule has 7 heteroatoms. The SMILES string of the molecule is CCC(C)c1ccc(-n2c(SCC(=O)N3CCOCC3)nc3ccccc3c2=O)cc1. The van der Waals surface area contributed by atoms with Gasteiger partial charge in [-0.3, -0.25) is 14.2 Å². The molecule has 6 nitrogen and oxygen atoms in total. The molecule has 1 aliphatic heterocycles. The van der Waals surface area contributed by atoms with E-state index in [0.29, 0.717) is 48.3 Å². The number of aromatic nitrogens is 2. The van der Waals surface area contributed by atoms with E-state index < -0.39 is 0 Å². The molecule has 1 aromatic heterocycles. The highest BCUT2D eigenvalue weighted by Crippen LogP contribution is 2.24. The highest BCUT2D eigenvalue weighted by Gasteiger charge is 2.19. The molecule has 1 unspecified atom stereocenters. The number of carbonyl (C=O) groups excluding carboxylic acids is 1. The molecule has 31 heavy (non-hydrogen) atoms. The standard InChI is InChI=1S/C24H27N3O3S/c1-3-17(2)18-8-10-19(11-9-18)27-23(29)20-6-4-5-7-21(20)25-24(27)31-16-22(28)26-12-14-30-15-13-26/h4-11,17H,3,12-16H2,1-2H3. The molecular formula is C24H27N3O3S. The third kappa shape index (κ3) is 4.67. The fourth-order valence-electron chi connectivity index (χ4n) is 3.65. The van der Waals surface area contributed by atoms with Gasteiger partial charge in [0.05, 0.1) is 35.6 Å². The highest BCUT2D eigenvalue weighted by atomic mass is 32.2. The van der Waals surface area contributed by atoms with Crippen LogP contribution in [0.3, 0.4) is 0 Å². The van der Waals surface area contributed by atoms with Crippen LogP contribution in [0.25, 0.3) is 16.6 Å². The Labute approximate surface area is 186 Å². The van der Waals surface area contributed by atoms with Crippen LogP contribution in [-0.4, -0.2) is 52.4 Å². The minimum atomic E-state index is -0.122. The summed E-state index contributed by atoms with van der Waals surface area (Å²) in [5.74, 6) is 0.727. The third-order valence-electron chi connectivity index (χ3n) is 5.77. The Kier molecular flexibility index (Phi) is 6.73. The molecule has 0 saturated carbocycles. The maximum atomic E-state index is 13.4. The van der Waals surface area contributed by atoms with Crippen LogP contribution >= 0.6 is 11.8 Å². The summed E-state index contributed by atoms with van der Waals surface area (Å²) in [6.07, 6.45) is 1.06. The molecule has 2 aromatic carbocycles. The van der Waals surface area contributed by atoms with Crippen LogP contribution in [0.4, 0.5) is 0 Å². The van der Waals surface area contributed by atoms with Crippen LogP contribution < -0.4 is 5.56 Å². The Morgan fingerprint density at radius 1 is 1.13 bits per heavy atom. The molecule has 1 amide bonds. The highest BCUT2D eigenvalue weighted by molar-refractivity contribution is 7.99. The van der Waals surface area contributed by atoms with E-state index in [0.717, 1.165) is 12.1 Å². The maximum absolute atomic E-state index is 13.4. The monoisotopic (exact) mass is 437 g/mol. The van der Waals surface area contributed by atoms with Gasteiger partial charge in [-0.2, -0.15) is 0 Å². The Morgan fingerprint density at radius 3 is 2.55 bits per heavy atom. The number of carbonyl (C=O) groups is 1. The van der Waals surface area contributed by atoms with Crippen molar-refractivity contribution in [1.29, 1.82) is 0 Å². The quantitative estimate of drug-likeness (QED) is 0.433. The van der Waals surface area contributed by atoms with Crippen LogP contribution in [0.1, 0.15) is 31.7 Å². The molecule has 1 aliphatic rings. The third-order valence-corrected chi connectivity index (χ3v) is 6.69. The van der Waals surface area contributed by atoms with E-state index in [9.17, 15) is 9.59 Å². The number of benzene rings is 2. The molecule has 1 saturated heterocycles. The second kappa shape index (κ2) is 9.66. The number of rotatable bonds is 6. The van der Waals surface area contributed by atoms with Crippen molar-refractivity contribution in [3.05, 3.63) is 64.4 Å². The molecule has 1 atom stereocenters. The molecule has 0 spiro atoms. The van der Waals surface area contributed by atoms with Gasteiger partial charge in [0.25, 0.3) is 5.56 Å². The minimum absolute atomic E-state index is 0.0365. The Bertz CT molecular complexity index is 1120. The van der Waals surface area contributed by atoms with Gasteiger partial charge in [0.1, 0.15) is 0 Å². The molecule has 1 fully saturated rings. The van der Waals surface area contributed by atoms with Crippen molar-refractivity contribution >= 4 is 28.6 Å². The zero-order valence-corrected chi connectivity index (χ0v) is 18.7. The van der Waals surface area contributed by atoms with Gasteiger partial charge in [0.15, 0.2) is 5.16 Å². The van der Waals surface area contributed by atoms with Gasteiger partial charge in [-0.25, -0.2) is 4.98 Å². The van der Waals surface area contributed by atoms with Crippen molar-refractivity contribution in [2.75, 3.05) is 32.1 Å². The van der Waals surface area contributed by atoms with Gasteiger partial charge >= 0.3 is 0 Å². The number of nitrogens with zero attached hydrogens (tertiary/aromatic N) is 3. The molecule has 0 radical (unpaired) electrons. The van der Waals surface area contributed by atoms with E-state index in [1.54, 1.807) is 15.5 Å². The summed E-state index contributed by atoms with van der Waals surface area (Å²) in [5, 5.41) is 1.10. The van der Waals surface area contributed by atoms with Gasteiger partial charge < -0.3 is 9.64 Å². The minimum Gasteiger partial charge on any atom is -0.378 e. The number of hydrogen-bond donors (Lipinski definition) is 0. The van der Waals surface area contributed by atoms with E-state index in [1.165, 1.54) is 17.3 Å². The van der Waals surface area contributed by atoms with Crippen molar-refractivity contribution in [3.63, 3.8) is 0 Å². The fourth-order valence-corrected chi connectivity index (χ4v) is 4.57. The number of amides is 1. The lowest BCUT2D eigenvalue weighted by Crippen LogP contribution is -2.41. The lowest BCUT2D eigenvalue weighted by atomic mass is 9.98. The smallest absolute Gasteiger partial charge is 0.266 e. The number of thioether (sulfide) groups is 1. The summed E-state index contributed by atoms with van der Waals surface area (Å²) >= 11 is 1.31. The first-order valence-electron chi connectivity index (χ1n) is 10.7. The first-order chi connectivity index (χ1) is 15.1. The van der Waals surface area contributed by atoms with Crippen molar-refractivity contribution in [3.8, 4) is 5.69 Å². The number of hydrogen-bond acceptors (Lipinski definition) is 5. The molecule has 162 valence electrons. The Morgan fingerprint density at radius 2 is 1.84 bits per heavy atom.